The van der Waals surface area contributed by atoms with E-state index in [2.05, 4.69) is 31.2 Å². The predicted molar refractivity (Wildman–Crippen MR) is 371 cm³/mol. The van der Waals surface area contributed by atoms with Crippen LogP contribution in [0.3, 0.4) is 0 Å². The Morgan fingerprint density at radius 3 is 1.80 bits per heavy atom. The van der Waals surface area contributed by atoms with Gasteiger partial charge in [0, 0.05) is 150 Å². The van der Waals surface area contributed by atoms with Gasteiger partial charge in [0.2, 0.25) is 29.5 Å². The summed E-state index contributed by atoms with van der Waals surface area (Å²) in [4.78, 5) is 152. The van der Waals surface area contributed by atoms with Crippen LogP contribution in [0, 0.1) is 42.4 Å². The van der Waals surface area contributed by atoms with Crippen LogP contribution in [0.2, 0.25) is 0 Å². The Kier molecular flexibility index (Phi) is 23.1. The molecule has 97 heavy (non-hydrogen) atoms. The van der Waals surface area contributed by atoms with Crippen molar-refractivity contribution in [2.45, 2.75) is 130 Å². The number of likely N-dealkylation sites (N-methyl/N-ethyl adjacent to an activating group) is 2. The van der Waals surface area contributed by atoms with Gasteiger partial charge in [-0.05, 0) is 124 Å². The molecule has 0 saturated heterocycles. The second-order valence-corrected chi connectivity index (χ2v) is 29.0. The number of nitrogens with zero attached hydrogens (tertiary/aromatic N) is 4. The van der Waals surface area contributed by atoms with Crippen molar-refractivity contribution >= 4 is 141 Å². The van der Waals surface area contributed by atoms with Crippen LogP contribution in [-0.2, 0) is 49.5 Å². The topological polar surface area (TPSA) is 358 Å². The van der Waals surface area contributed by atoms with Gasteiger partial charge in [-0.1, -0.05) is 32.4 Å². The zero-order chi connectivity index (χ0) is 70.6. The maximum atomic E-state index is 15.0. The molecule has 2 aromatic heterocycles. The first-order valence-corrected chi connectivity index (χ1v) is 35.5. The van der Waals surface area contributed by atoms with Crippen LogP contribution in [-0.4, -0.2) is 159 Å². The number of alkyl halides is 2. The highest BCUT2D eigenvalue weighted by atomic mass is 35.5. The number of carbonyl (C=O) groups is 9. The molecule has 3 fully saturated rings. The Morgan fingerprint density at radius 2 is 1.28 bits per heavy atom. The van der Waals surface area contributed by atoms with E-state index in [0.29, 0.717) is 90.5 Å². The van der Waals surface area contributed by atoms with E-state index in [9.17, 15) is 57.5 Å². The van der Waals surface area contributed by atoms with Crippen molar-refractivity contribution in [2.24, 2.45) is 34.3 Å². The number of hydrogen-bond donors (Lipinski definition) is 9. The number of nitrogens with one attached hydrogen (secondary N) is 6. The molecule has 2 bridgehead atoms. The smallest absolute Gasteiger partial charge is 0.466 e. The van der Waals surface area contributed by atoms with Crippen molar-refractivity contribution in [1.82, 2.24) is 35.7 Å². The number of ketones is 2. The number of aryl methyl sites for hydroxylation is 2. The summed E-state index contributed by atoms with van der Waals surface area (Å²) < 4.78 is 29.3. The van der Waals surface area contributed by atoms with Crippen molar-refractivity contribution in [3.63, 3.8) is 0 Å². The summed E-state index contributed by atoms with van der Waals surface area (Å²) in [7, 11) is -1.69. The molecule has 3 aromatic carbocycles. The number of carbonyl (C=O) groups excluding carboxylic acids is 9. The number of ether oxygens (including phenoxy) is 2. The summed E-state index contributed by atoms with van der Waals surface area (Å²) >= 11 is 18.8. The molecule has 3 saturated carbocycles. The number of rotatable bonds is 31. The van der Waals surface area contributed by atoms with E-state index in [0.717, 1.165) is 27.6 Å². The molecule has 3 aliphatic carbocycles. The molecule has 524 valence electrons. The molecule has 30 heteroatoms. The van der Waals surface area contributed by atoms with Gasteiger partial charge >= 0.3 is 19.9 Å². The molecule has 26 nitrogen and oxygen atoms in total. The third-order valence-electron chi connectivity index (χ3n) is 19.1. The van der Waals surface area contributed by atoms with Crippen LogP contribution < -0.4 is 46.1 Å². The molecular formula is C67H86Cl2N11O15PS. The number of H-pyrrole nitrogens is 2. The Morgan fingerprint density at radius 1 is 0.753 bits per heavy atom. The average molecular weight is 1420 g/mol. The van der Waals surface area contributed by atoms with E-state index in [-0.39, 0.29) is 134 Å². The summed E-state index contributed by atoms with van der Waals surface area (Å²) in [6, 6.07) is 8.32. The van der Waals surface area contributed by atoms with Crippen LogP contribution in [0.5, 0.6) is 11.5 Å². The third-order valence-corrected chi connectivity index (χ3v) is 20.7. The van der Waals surface area contributed by atoms with E-state index in [4.69, 9.17) is 55.2 Å². The Bertz CT molecular complexity index is 3930. The zero-order valence-electron chi connectivity index (χ0n) is 55.7. The number of aromatic nitrogens is 2. The highest BCUT2D eigenvalue weighted by Crippen LogP contribution is 2.75. The first-order valence-electron chi connectivity index (χ1n) is 32.5. The molecule has 10 N–H and O–H groups in total. The number of nitrogens with two attached hydrogens (primary N) is 1. The van der Waals surface area contributed by atoms with Crippen LogP contribution in [0.25, 0.3) is 21.8 Å². The fourth-order valence-electron chi connectivity index (χ4n) is 14.2. The molecule has 5 aliphatic rings. The highest BCUT2D eigenvalue weighted by molar-refractivity contribution is 7.80. The molecule has 5 aromatic rings. The van der Waals surface area contributed by atoms with Gasteiger partial charge in [-0.2, -0.15) is 0 Å². The number of aromatic amines is 2. The number of hydrogen-bond acceptors (Lipinski definition) is 14. The lowest BCUT2D eigenvalue weighted by molar-refractivity contribution is -0.205. The van der Waals surface area contributed by atoms with Gasteiger partial charge in [0.1, 0.15) is 12.4 Å². The lowest BCUT2D eigenvalue weighted by Crippen LogP contribution is -2.73. The molecule has 2 aliphatic heterocycles. The molecule has 0 radical (unpaired) electrons. The number of benzene rings is 3. The van der Waals surface area contributed by atoms with E-state index in [1.165, 1.54) is 24.8 Å². The van der Waals surface area contributed by atoms with Gasteiger partial charge in [-0.3, -0.25) is 38.6 Å². The summed E-state index contributed by atoms with van der Waals surface area (Å²) in [5.41, 5.74) is 10.0. The fraction of sp³-hybridized carbons (Fsp3) is 0.522. The summed E-state index contributed by atoms with van der Waals surface area (Å²) in [6.07, 6.45) is 5.55. The summed E-state index contributed by atoms with van der Waals surface area (Å²) in [5, 5.41) is 12.6. The number of unbranched alkanes of at least 4 members (excludes halogenated alkanes) is 1. The molecule has 4 heterocycles. The molecule has 10 rings (SSSR count). The number of phosphoric acid groups is 1. The number of amides is 8. The first-order chi connectivity index (χ1) is 45.9. The van der Waals surface area contributed by atoms with E-state index in [1.54, 1.807) is 79.2 Å². The van der Waals surface area contributed by atoms with E-state index < -0.39 is 60.5 Å². The molecule has 5 atom stereocenters. The van der Waals surface area contributed by atoms with Gasteiger partial charge in [-0.25, -0.2) is 14.2 Å². The second kappa shape index (κ2) is 30.5. The van der Waals surface area contributed by atoms with Crippen molar-refractivity contribution in [3.05, 3.63) is 76.6 Å². The van der Waals surface area contributed by atoms with Crippen LogP contribution >= 0.6 is 43.2 Å². The maximum Gasteiger partial charge on any atom is 0.524 e. The number of anilines is 3. The van der Waals surface area contributed by atoms with Gasteiger partial charge in [0.05, 0.1) is 39.3 Å². The Balaban J connectivity index is 0.781. The van der Waals surface area contributed by atoms with Crippen molar-refractivity contribution in [1.29, 1.82) is 0 Å². The zero-order valence-corrected chi connectivity index (χ0v) is 58.9. The largest absolute Gasteiger partial charge is 0.524 e. The number of Topliss-reactive ketones (excluding diaryl/α,β-unsaturated/α-hetero) is 2. The van der Waals surface area contributed by atoms with E-state index >= 15 is 0 Å². The monoisotopic (exact) mass is 1420 g/mol. The minimum Gasteiger partial charge on any atom is -0.466 e. The van der Waals surface area contributed by atoms with E-state index in [1.807, 2.05) is 20.0 Å². The summed E-state index contributed by atoms with van der Waals surface area (Å²) in [5.74, 6) is -3.90. The molecule has 8 amide bonds. The number of primary amides is 1. The fourth-order valence-corrected chi connectivity index (χ4v) is 15.2. The van der Waals surface area contributed by atoms with Gasteiger partial charge in [0.25, 0.3) is 5.17 Å². The molecule has 0 unspecified atom stereocenters. The quantitative estimate of drug-likeness (QED) is 0.00865. The van der Waals surface area contributed by atoms with Crippen LogP contribution in [0.4, 0.5) is 26.7 Å². The van der Waals surface area contributed by atoms with Gasteiger partial charge < -0.3 is 75.4 Å². The number of thiocarbonyl (C=S) groups is 1. The number of phosphoric ester groups is 1. The maximum absolute atomic E-state index is 15.0. The minimum atomic E-state index is -4.99. The number of urea groups is 1. The van der Waals surface area contributed by atoms with Crippen molar-refractivity contribution in [3.8, 4) is 11.5 Å². The average Bonchev–Trinajstić information content (AvgIpc) is 1.11. The normalized spacial score (nSPS) is 19.2. The lowest BCUT2D eigenvalue weighted by Gasteiger charge is -2.69. The van der Waals surface area contributed by atoms with Crippen molar-refractivity contribution < 1.29 is 71.5 Å². The molecular weight excluding hydrogens is 1330 g/mol. The lowest BCUT2D eigenvalue weighted by atomic mass is 9.34. The number of fused-ring (bicyclic) bond motifs is 6. The Hall–Kier alpha value is -7.81. The summed E-state index contributed by atoms with van der Waals surface area (Å²) in [6.45, 7) is 11.7. The SMILES string of the molecule is CC(=O)C[C@@H](CCCCNC(C)=O)C(=O)N[C@H](C(=O)C[C@@H](CCCNC(N)=O)C(=O)Nc1ccc(COC(=S)N(C)CCN(C)C(=O)Oc2cc3c(c4c(C)c[nH]c24)[C@H](CCl)CN3C(=O)C23CC(C(=O)N4C[C@@H](CCl)c5c4cc(OP(=O)(O)O)c4[nH]cc(C)c54)(C2)C3)cc1)C(C)C. The van der Waals surface area contributed by atoms with Crippen LogP contribution in [0.1, 0.15) is 132 Å². The highest BCUT2D eigenvalue weighted by Gasteiger charge is 2.76. The predicted octanol–water partition coefficient (Wildman–Crippen LogP) is 8.82. The second-order valence-electron chi connectivity index (χ2n) is 26.8. The van der Waals surface area contributed by atoms with Gasteiger partial charge in [0.15, 0.2) is 17.3 Å². The third kappa shape index (κ3) is 16.3. The first kappa shape index (κ1) is 73.4. The number of halogens is 2. The van der Waals surface area contributed by atoms with Crippen molar-refractivity contribution in [2.75, 3.05) is 80.2 Å². The molecule has 0 spiro atoms. The minimum absolute atomic E-state index is 0.0127. The van der Waals surface area contributed by atoms with Crippen LogP contribution in [0.15, 0.2) is 48.8 Å². The Labute approximate surface area is 577 Å². The standard InChI is InChI=1S/C67H86Cl2N11O15PS/c1-36(2)56(76-60(85)42(22-39(5)81)12-9-10-18-71-40(6)82)49(83)23-43(13-11-19-72-63(70)88)59(84)75-46-16-14-41(15-17-46)32-93-65(97)78(8)21-20-77(7)64(89)94-50-24-47-54(52-37(3)28-73-57(50)52)44(26-68)30-79(47)61(86)66-33-67(34-66,35-66)62(87)80-31-45(27-69)55-48(80)25-51(95-96(90,91)92)58-53(55)38(4)29-74-58/h14-17,24-25,28-29,36,42-45,56,73-74H,9-13,18-23,26-27,30-35H2,1-8H3,(H,71,82)(H,75,84)(H,76,85)(H3,70,72,88)(H2,90,91,92)/t42-,43-,44-,45-,56+,66?,67?/m1/s1. The van der Waals surface area contributed by atoms with Gasteiger partial charge in [-0.15, -0.1) is 23.2 Å².